The summed E-state index contributed by atoms with van der Waals surface area (Å²) in [5.74, 6) is -1.10. The monoisotopic (exact) mass is 246 g/mol. The van der Waals surface area contributed by atoms with E-state index in [1.54, 1.807) is 0 Å². The first-order valence-electron chi connectivity index (χ1n) is 5.69. The first-order valence-corrected chi connectivity index (χ1v) is 5.69. The molecule has 0 saturated carbocycles. The molecule has 0 spiro atoms. The van der Waals surface area contributed by atoms with Crippen LogP contribution in [0.5, 0.6) is 0 Å². The molecule has 1 aliphatic heterocycles. The van der Waals surface area contributed by atoms with Gasteiger partial charge < -0.3 is 9.80 Å². The maximum Gasteiger partial charge on any atom is 0.149 e. The van der Waals surface area contributed by atoms with E-state index < -0.39 is 11.6 Å². The first kappa shape index (κ1) is 11.0. The minimum absolute atomic E-state index is 0.396. The molecule has 0 bridgehead atoms. The number of hydrogen-bond donors (Lipinski definition) is 0. The van der Waals surface area contributed by atoms with Crippen molar-refractivity contribution >= 4 is 17.1 Å². The maximum absolute atomic E-state index is 13.8. The van der Waals surface area contributed by atoms with Gasteiger partial charge in [-0.15, -0.1) is 0 Å². The predicted octanol–water partition coefficient (Wildman–Crippen LogP) is 3.51. The Hall–Kier alpha value is -2.10. The van der Waals surface area contributed by atoms with Gasteiger partial charge in [-0.05, 0) is 24.3 Å². The van der Waals surface area contributed by atoms with Gasteiger partial charge in [0.1, 0.15) is 11.6 Å². The van der Waals surface area contributed by atoms with E-state index in [0.29, 0.717) is 12.4 Å². The molecule has 4 heteroatoms. The highest BCUT2D eigenvalue weighted by Gasteiger charge is 2.25. The van der Waals surface area contributed by atoms with E-state index in [2.05, 4.69) is 0 Å². The lowest BCUT2D eigenvalue weighted by Crippen LogP contribution is -2.24. The maximum atomic E-state index is 13.8. The largest absolute Gasteiger partial charge is 0.355 e. The summed E-state index contributed by atoms with van der Waals surface area (Å²) in [4.78, 5) is 3.86. The van der Waals surface area contributed by atoms with Gasteiger partial charge in [0.05, 0.1) is 23.7 Å². The average molecular weight is 246 g/mol. The number of nitrogens with zero attached hydrogens (tertiary/aromatic N) is 2. The van der Waals surface area contributed by atoms with Crippen molar-refractivity contribution in [1.82, 2.24) is 0 Å². The van der Waals surface area contributed by atoms with Crippen LogP contribution in [0.2, 0.25) is 0 Å². The van der Waals surface area contributed by atoms with Gasteiger partial charge in [-0.1, -0.05) is 12.1 Å². The Labute approximate surface area is 104 Å². The first-order chi connectivity index (χ1) is 8.66. The second-order valence-corrected chi connectivity index (χ2v) is 4.35. The lowest BCUT2D eigenvalue weighted by molar-refractivity contribution is 0.582. The SMILES string of the molecule is CN1CN(c2ccc(F)cc2F)c2ccccc21. The van der Waals surface area contributed by atoms with E-state index in [0.717, 1.165) is 17.4 Å². The Kier molecular flexibility index (Phi) is 2.44. The predicted molar refractivity (Wildman–Crippen MR) is 68.2 cm³/mol. The van der Waals surface area contributed by atoms with E-state index in [-0.39, 0.29) is 0 Å². The van der Waals surface area contributed by atoms with Gasteiger partial charge in [-0.25, -0.2) is 8.78 Å². The summed E-state index contributed by atoms with van der Waals surface area (Å²) in [7, 11) is 1.94. The van der Waals surface area contributed by atoms with Gasteiger partial charge in [0.25, 0.3) is 0 Å². The molecule has 18 heavy (non-hydrogen) atoms. The number of benzene rings is 2. The molecule has 0 unspecified atom stereocenters. The molecule has 0 atom stereocenters. The lowest BCUT2D eigenvalue weighted by atomic mass is 10.2. The molecule has 2 aromatic carbocycles. The van der Waals surface area contributed by atoms with Crippen LogP contribution in [0, 0.1) is 11.6 Å². The minimum Gasteiger partial charge on any atom is -0.355 e. The molecule has 1 aliphatic rings. The molecule has 2 nitrogen and oxygen atoms in total. The van der Waals surface area contributed by atoms with E-state index in [1.165, 1.54) is 12.1 Å². The standard InChI is InChI=1S/C14H12F2N2/c1-17-9-18(14-5-3-2-4-13(14)17)12-7-6-10(15)8-11(12)16/h2-8H,9H2,1H3. The van der Waals surface area contributed by atoms with Crippen LogP contribution in [0.1, 0.15) is 0 Å². The molecule has 0 N–H and O–H groups in total. The highest BCUT2D eigenvalue weighted by atomic mass is 19.1. The molecule has 92 valence electrons. The van der Waals surface area contributed by atoms with Crippen molar-refractivity contribution in [2.24, 2.45) is 0 Å². The third-order valence-corrected chi connectivity index (χ3v) is 3.14. The molecule has 0 amide bonds. The van der Waals surface area contributed by atoms with Crippen LogP contribution < -0.4 is 9.80 Å². The van der Waals surface area contributed by atoms with Gasteiger partial charge in [0, 0.05) is 13.1 Å². The van der Waals surface area contributed by atoms with Crippen LogP contribution >= 0.6 is 0 Å². The molecular formula is C14H12F2N2. The van der Waals surface area contributed by atoms with Gasteiger partial charge in [-0.2, -0.15) is 0 Å². The van der Waals surface area contributed by atoms with Crippen LogP contribution in [-0.4, -0.2) is 13.7 Å². The van der Waals surface area contributed by atoms with Crippen molar-refractivity contribution in [2.45, 2.75) is 0 Å². The van der Waals surface area contributed by atoms with Crippen LogP contribution in [0.4, 0.5) is 25.8 Å². The second kappa shape index (κ2) is 3.98. The number of anilines is 3. The van der Waals surface area contributed by atoms with Crippen molar-refractivity contribution in [1.29, 1.82) is 0 Å². The zero-order chi connectivity index (χ0) is 12.7. The molecule has 0 fully saturated rings. The third-order valence-electron chi connectivity index (χ3n) is 3.14. The Morgan fingerprint density at radius 2 is 1.67 bits per heavy atom. The number of halogens is 2. The Morgan fingerprint density at radius 1 is 0.944 bits per heavy atom. The Morgan fingerprint density at radius 3 is 2.39 bits per heavy atom. The summed E-state index contributed by atoms with van der Waals surface area (Å²) in [6, 6.07) is 11.4. The number of para-hydroxylation sites is 2. The molecule has 0 aromatic heterocycles. The van der Waals surface area contributed by atoms with E-state index in [4.69, 9.17) is 0 Å². The summed E-state index contributed by atoms with van der Waals surface area (Å²) in [6.45, 7) is 0.557. The van der Waals surface area contributed by atoms with Gasteiger partial charge in [0.2, 0.25) is 0 Å². The molecule has 0 saturated heterocycles. The van der Waals surface area contributed by atoms with Gasteiger partial charge in [0.15, 0.2) is 0 Å². The average Bonchev–Trinajstić information content (AvgIpc) is 2.68. The van der Waals surface area contributed by atoms with Crippen LogP contribution in [0.25, 0.3) is 0 Å². The summed E-state index contributed by atoms with van der Waals surface area (Å²) in [5.41, 5.74) is 2.37. The normalized spacial score (nSPS) is 13.9. The van der Waals surface area contributed by atoms with E-state index >= 15 is 0 Å². The fourth-order valence-corrected chi connectivity index (χ4v) is 2.29. The molecule has 3 rings (SSSR count). The quantitative estimate of drug-likeness (QED) is 0.759. The smallest absolute Gasteiger partial charge is 0.149 e. The van der Waals surface area contributed by atoms with Gasteiger partial charge in [-0.3, -0.25) is 0 Å². The summed E-state index contributed by atoms with van der Waals surface area (Å²) in [5, 5.41) is 0. The molecule has 2 aromatic rings. The third kappa shape index (κ3) is 1.61. The number of hydrogen-bond acceptors (Lipinski definition) is 2. The molecule has 0 radical (unpaired) electrons. The van der Waals surface area contributed by atoms with Crippen molar-refractivity contribution in [3.8, 4) is 0 Å². The van der Waals surface area contributed by atoms with Crippen molar-refractivity contribution < 1.29 is 8.78 Å². The van der Waals surface area contributed by atoms with Crippen LogP contribution in [0.3, 0.4) is 0 Å². The second-order valence-electron chi connectivity index (χ2n) is 4.35. The van der Waals surface area contributed by atoms with E-state index in [9.17, 15) is 8.78 Å². The summed E-state index contributed by atoms with van der Waals surface area (Å²) >= 11 is 0. The van der Waals surface area contributed by atoms with E-state index in [1.807, 2.05) is 41.1 Å². The molecule has 1 heterocycles. The minimum atomic E-state index is -0.558. The zero-order valence-electron chi connectivity index (χ0n) is 9.90. The fraction of sp³-hybridized carbons (Fsp3) is 0.143. The topological polar surface area (TPSA) is 6.48 Å². The molecular weight excluding hydrogens is 234 g/mol. The highest BCUT2D eigenvalue weighted by molar-refractivity contribution is 5.82. The van der Waals surface area contributed by atoms with Crippen molar-refractivity contribution in [2.75, 3.05) is 23.5 Å². The lowest BCUT2D eigenvalue weighted by Gasteiger charge is -2.20. The fourth-order valence-electron chi connectivity index (χ4n) is 2.29. The van der Waals surface area contributed by atoms with Crippen LogP contribution in [-0.2, 0) is 0 Å². The number of rotatable bonds is 1. The van der Waals surface area contributed by atoms with Crippen molar-refractivity contribution in [3.05, 3.63) is 54.1 Å². The number of fused-ring (bicyclic) bond motifs is 1. The Bertz CT molecular complexity index is 598. The Balaban J connectivity index is 2.09. The molecule has 0 aliphatic carbocycles. The summed E-state index contributed by atoms with van der Waals surface area (Å²) < 4.78 is 26.8. The van der Waals surface area contributed by atoms with Crippen molar-refractivity contribution in [3.63, 3.8) is 0 Å². The zero-order valence-corrected chi connectivity index (χ0v) is 9.90. The highest BCUT2D eigenvalue weighted by Crippen LogP contribution is 2.40. The van der Waals surface area contributed by atoms with Crippen LogP contribution in [0.15, 0.2) is 42.5 Å². The summed E-state index contributed by atoms with van der Waals surface area (Å²) in [6.07, 6.45) is 0. The van der Waals surface area contributed by atoms with Gasteiger partial charge >= 0.3 is 0 Å².